The lowest BCUT2D eigenvalue weighted by Gasteiger charge is -2.32. The highest BCUT2D eigenvalue weighted by molar-refractivity contribution is 9.10. The van der Waals surface area contributed by atoms with E-state index in [0.29, 0.717) is 11.4 Å². The van der Waals surface area contributed by atoms with Crippen molar-refractivity contribution in [1.82, 2.24) is 14.5 Å². The minimum Gasteiger partial charge on any atom is -0.304 e. The first-order valence-electron chi connectivity index (χ1n) is 7.13. The summed E-state index contributed by atoms with van der Waals surface area (Å²) in [5, 5.41) is 0. The molecule has 0 amide bonds. The number of nitrogens with one attached hydrogen (secondary N) is 1. The molecule has 7 heteroatoms. The van der Waals surface area contributed by atoms with Gasteiger partial charge in [0.05, 0.1) is 4.90 Å². The van der Waals surface area contributed by atoms with Crippen molar-refractivity contribution in [2.24, 2.45) is 0 Å². The van der Waals surface area contributed by atoms with Crippen molar-refractivity contribution in [3.63, 3.8) is 0 Å². The molecule has 118 valence electrons. The number of sulfonamides is 1. The molecule has 1 fully saturated rings. The first-order valence-corrected chi connectivity index (χ1v) is 9.41. The molecular weight excluding hydrogens is 354 g/mol. The van der Waals surface area contributed by atoms with Crippen molar-refractivity contribution < 1.29 is 8.42 Å². The minimum atomic E-state index is -3.39. The van der Waals surface area contributed by atoms with Gasteiger partial charge in [0.1, 0.15) is 0 Å². The Balaban J connectivity index is 1.73. The van der Waals surface area contributed by atoms with E-state index >= 15 is 0 Å². The monoisotopic (exact) mass is 375 g/mol. The Morgan fingerprint density at radius 1 is 1.14 bits per heavy atom. The molecule has 0 unspecified atom stereocenters. The molecular formula is C14H22BrN3O2S. The lowest BCUT2D eigenvalue weighted by atomic mass is 10.3. The summed E-state index contributed by atoms with van der Waals surface area (Å²) in [6, 6.07) is 6.68. The Bertz CT molecular complexity index is 540. The van der Waals surface area contributed by atoms with Gasteiger partial charge in [-0.15, -0.1) is 0 Å². The third kappa shape index (κ3) is 5.34. The van der Waals surface area contributed by atoms with Crippen LogP contribution in [-0.2, 0) is 10.0 Å². The molecule has 0 aromatic heterocycles. The second-order valence-corrected chi connectivity index (χ2v) is 8.03. The smallest absolute Gasteiger partial charge is 0.240 e. The van der Waals surface area contributed by atoms with E-state index in [-0.39, 0.29) is 0 Å². The Labute approximate surface area is 135 Å². The molecule has 1 aromatic carbocycles. The number of likely N-dealkylation sites (N-methyl/N-ethyl adjacent to an activating group) is 1. The summed E-state index contributed by atoms with van der Waals surface area (Å²) in [5.74, 6) is 0. The van der Waals surface area contributed by atoms with E-state index < -0.39 is 10.0 Å². The number of rotatable bonds is 6. The fraction of sp³-hybridized carbons (Fsp3) is 0.571. The molecule has 0 saturated carbocycles. The molecule has 2 rings (SSSR count). The zero-order valence-electron chi connectivity index (χ0n) is 12.3. The molecule has 21 heavy (non-hydrogen) atoms. The van der Waals surface area contributed by atoms with Gasteiger partial charge in [0.15, 0.2) is 0 Å². The summed E-state index contributed by atoms with van der Waals surface area (Å²) in [7, 11) is -1.26. The van der Waals surface area contributed by atoms with E-state index in [0.717, 1.165) is 43.6 Å². The van der Waals surface area contributed by atoms with Gasteiger partial charge in [-0.05, 0) is 44.3 Å². The van der Waals surface area contributed by atoms with Crippen LogP contribution in [0.2, 0.25) is 0 Å². The largest absolute Gasteiger partial charge is 0.304 e. The van der Waals surface area contributed by atoms with Gasteiger partial charge in [-0.1, -0.05) is 15.9 Å². The molecule has 1 saturated heterocycles. The Morgan fingerprint density at radius 3 is 2.38 bits per heavy atom. The van der Waals surface area contributed by atoms with Crippen molar-refractivity contribution in [2.45, 2.75) is 11.3 Å². The quantitative estimate of drug-likeness (QED) is 0.762. The van der Waals surface area contributed by atoms with Gasteiger partial charge in [-0.2, -0.15) is 0 Å². The predicted octanol–water partition coefficient (Wildman–Crippen LogP) is 1.36. The summed E-state index contributed by atoms with van der Waals surface area (Å²) in [6.07, 6.45) is 0.833. The van der Waals surface area contributed by atoms with Crippen molar-refractivity contribution in [2.75, 3.05) is 46.3 Å². The zero-order chi connectivity index (χ0) is 15.3. The molecule has 5 nitrogen and oxygen atoms in total. The van der Waals surface area contributed by atoms with Gasteiger partial charge in [-0.3, -0.25) is 0 Å². The summed E-state index contributed by atoms with van der Waals surface area (Å²) < 4.78 is 27.7. The van der Waals surface area contributed by atoms with Crippen LogP contribution in [-0.4, -0.2) is 64.5 Å². The van der Waals surface area contributed by atoms with Gasteiger partial charge in [0.25, 0.3) is 0 Å². The molecule has 1 heterocycles. The fourth-order valence-corrected chi connectivity index (χ4v) is 3.62. The summed E-state index contributed by atoms with van der Waals surface area (Å²) in [4.78, 5) is 5.01. The van der Waals surface area contributed by atoms with Crippen molar-refractivity contribution in [3.8, 4) is 0 Å². The standard InChI is InChI=1S/C14H22BrN3O2S/c1-17-9-11-18(12-10-17)8-2-7-16-21(19,20)14-5-3-13(15)4-6-14/h3-6,16H,2,7-12H2,1H3. The number of benzene rings is 1. The highest BCUT2D eigenvalue weighted by Gasteiger charge is 2.15. The van der Waals surface area contributed by atoms with Gasteiger partial charge in [-0.25, -0.2) is 13.1 Å². The summed E-state index contributed by atoms with van der Waals surface area (Å²) in [5.41, 5.74) is 0. The van der Waals surface area contributed by atoms with E-state index in [2.05, 4.69) is 37.5 Å². The van der Waals surface area contributed by atoms with Crippen molar-refractivity contribution >= 4 is 26.0 Å². The average Bonchev–Trinajstić information content (AvgIpc) is 2.46. The van der Waals surface area contributed by atoms with Gasteiger partial charge >= 0.3 is 0 Å². The number of halogens is 1. The molecule has 0 spiro atoms. The Morgan fingerprint density at radius 2 is 1.76 bits per heavy atom. The lowest BCUT2D eigenvalue weighted by Crippen LogP contribution is -2.45. The van der Waals surface area contributed by atoms with E-state index in [4.69, 9.17) is 0 Å². The van der Waals surface area contributed by atoms with Crippen LogP contribution >= 0.6 is 15.9 Å². The first kappa shape index (κ1) is 16.9. The van der Waals surface area contributed by atoms with Crippen molar-refractivity contribution in [1.29, 1.82) is 0 Å². The molecule has 0 bridgehead atoms. The molecule has 1 aliphatic heterocycles. The molecule has 1 N–H and O–H groups in total. The summed E-state index contributed by atoms with van der Waals surface area (Å²) in [6.45, 7) is 5.72. The van der Waals surface area contributed by atoms with E-state index in [1.165, 1.54) is 0 Å². The average molecular weight is 376 g/mol. The molecule has 1 aliphatic rings. The highest BCUT2D eigenvalue weighted by atomic mass is 79.9. The maximum atomic E-state index is 12.1. The van der Waals surface area contributed by atoms with Crippen LogP contribution in [0.3, 0.4) is 0 Å². The topological polar surface area (TPSA) is 52.6 Å². The number of nitrogens with zero attached hydrogens (tertiary/aromatic N) is 2. The van der Waals surface area contributed by atoms with Gasteiger partial charge in [0.2, 0.25) is 10.0 Å². The van der Waals surface area contributed by atoms with Gasteiger partial charge < -0.3 is 9.80 Å². The fourth-order valence-electron chi connectivity index (χ4n) is 2.28. The van der Waals surface area contributed by atoms with Crippen LogP contribution in [0.5, 0.6) is 0 Å². The first-order chi connectivity index (χ1) is 9.97. The number of hydrogen-bond acceptors (Lipinski definition) is 4. The van der Waals surface area contributed by atoms with E-state index in [1.54, 1.807) is 24.3 Å². The van der Waals surface area contributed by atoms with Crippen LogP contribution in [0.15, 0.2) is 33.6 Å². The Hall–Kier alpha value is -0.470. The zero-order valence-corrected chi connectivity index (χ0v) is 14.7. The van der Waals surface area contributed by atoms with Crippen LogP contribution < -0.4 is 4.72 Å². The maximum Gasteiger partial charge on any atom is 0.240 e. The Kier molecular flexibility index (Phi) is 6.19. The molecule has 0 radical (unpaired) electrons. The van der Waals surface area contributed by atoms with Crippen LogP contribution in [0, 0.1) is 0 Å². The van der Waals surface area contributed by atoms with E-state index in [1.807, 2.05) is 0 Å². The normalized spacial score (nSPS) is 18.0. The highest BCUT2D eigenvalue weighted by Crippen LogP contribution is 2.14. The second kappa shape index (κ2) is 7.69. The molecule has 0 aliphatic carbocycles. The predicted molar refractivity (Wildman–Crippen MR) is 87.9 cm³/mol. The van der Waals surface area contributed by atoms with Crippen LogP contribution in [0.25, 0.3) is 0 Å². The molecule has 0 atom stereocenters. The minimum absolute atomic E-state index is 0.310. The SMILES string of the molecule is CN1CCN(CCCNS(=O)(=O)c2ccc(Br)cc2)CC1. The third-order valence-corrected chi connectivity index (χ3v) is 5.67. The second-order valence-electron chi connectivity index (χ2n) is 5.35. The van der Waals surface area contributed by atoms with Gasteiger partial charge in [0, 0.05) is 37.2 Å². The number of hydrogen-bond donors (Lipinski definition) is 1. The molecule has 1 aromatic rings. The third-order valence-electron chi connectivity index (χ3n) is 3.66. The van der Waals surface area contributed by atoms with Crippen LogP contribution in [0.4, 0.5) is 0 Å². The van der Waals surface area contributed by atoms with E-state index in [9.17, 15) is 8.42 Å². The van der Waals surface area contributed by atoms with Crippen LogP contribution in [0.1, 0.15) is 6.42 Å². The summed E-state index contributed by atoms with van der Waals surface area (Å²) >= 11 is 3.30. The lowest BCUT2D eigenvalue weighted by molar-refractivity contribution is 0.153. The van der Waals surface area contributed by atoms with Crippen molar-refractivity contribution in [3.05, 3.63) is 28.7 Å². The number of piperazine rings is 1. The maximum absolute atomic E-state index is 12.1.